The molecule has 4 nitrogen and oxygen atoms in total. The van der Waals surface area contributed by atoms with Crippen molar-refractivity contribution in [3.63, 3.8) is 0 Å². The maximum atomic E-state index is 6.93. The Kier molecular flexibility index (Phi) is 6.07. The first kappa shape index (κ1) is 31.3. The zero-order valence-corrected chi connectivity index (χ0v) is 31.8. The summed E-state index contributed by atoms with van der Waals surface area (Å²) in [5, 5.41) is 7.49. The van der Waals surface area contributed by atoms with Gasteiger partial charge in [0.2, 0.25) is 0 Å². The van der Waals surface area contributed by atoms with Crippen molar-refractivity contribution in [2.45, 2.75) is 0 Å². The summed E-state index contributed by atoms with van der Waals surface area (Å²) in [6.07, 6.45) is 0. The molecule has 0 saturated heterocycles. The van der Waals surface area contributed by atoms with Crippen LogP contribution in [0, 0.1) is 0 Å². The maximum absolute atomic E-state index is 6.93. The molecule has 0 radical (unpaired) electrons. The van der Waals surface area contributed by atoms with E-state index in [4.69, 9.17) is 4.74 Å². The van der Waals surface area contributed by atoms with Crippen LogP contribution in [0.5, 0.6) is 11.5 Å². The van der Waals surface area contributed by atoms with E-state index >= 15 is 0 Å². The van der Waals surface area contributed by atoms with Gasteiger partial charge in [-0.15, -0.1) is 0 Å². The molecule has 0 unspecified atom stereocenters. The smallest absolute Gasteiger partial charge is 0.256 e. The Morgan fingerprint density at radius 1 is 0.339 bits per heavy atom. The zero-order chi connectivity index (χ0) is 38.3. The average molecular weight is 750 g/mol. The van der Waals surface area contributed by atoms with Gasteiger partial charge in [0.15, 0.2) is 0 Å². The summed E-state index contributed by atoms with van der Waals surface area (Å²) in [6, 6.07) is 71.1. The lowest BCUT2D eigenvalue weighted by atomic mass is 9.34. The third-order valence-corrected chi connectivity index (χ3v) is 13.1. The zero-order valence-electron chi connectivity index (χ0n) is 31.8. The Bertz CT molecular complexity index is 3670. The number of ether oxygens (including phenoxy) is 1. The summed E-state index contributed by atoms with van der Waals surface area (Å²) in [6.45, 7) is -0.0288. The highest BCUT2D eigenvalue weighted by molar-refractivity contribution is 6.99. The molecule has 0 atom stereocenters. The summed E-state index contributed by atoms with van der Waals surface area (Å²) < 4.78 is 14.3. The van der Waals surface area contributed by atoms with Crippen LogP contribution in [-0.4, -0.2) is 20.4 Å². The van der Waals surface area contributed by atoms with Crippen LogP contribution in [0.1, 0.15) is 0 Å². The van der Waals surface area contributed by atoms with Crippen LogP contribution in [0.15, 0.2) is 194 Å². The molecule has 12 aromatic rings. The standard InChI is InChI=1S/C54H32BN3O/c1-2-13-33(14-3-1)34-25-27-43-52(29-34)59-51-24-12-23-50-53(51)55(43)44-32-36(57-47-21-10-6-17-39(47)40-18-7-11-22-48(40)57)31-42-41-30-35(26-28-49(41)58(50)54(42)44)56-45-19-8-4-15-37(45)38-16-5-9-20-46(38)56/h1-32H. The van der Waals surface area contributed by atoms with Gasteiger partial charge in [0.1, 0.15) is 11.5 Å². The van der Waals surface area contributed by atoms with Crippen LogP contribution in [0.2, 0.25) is 0 Å². The van der Waals surface area contributed by atoms with Crippen molar-refractivity contribution in [1.29, 1.82) is 0 Å². The first-order valence-corrected chi connectivity index (χ1v) is 20.4. The minimum atomic E-state index is -0.0288. The van der Waals surface area contributed by atoms with Crippen LogP contribution in [-0.2, 0) is 0 Å². The van der Waals surface area contributed by atoms with Crippen molar-refractivity contribution in [1.82, 2.24) is 13.7 Å². The second-order valence-corrected chi connectivity index (χ2v) is 16.1. The number of hydrogen-bond acceptors (Lipinski definition) is 1. The summed E-state index contributed by atoms with van der Waals surface area (Å²) >= 11 is 0. The normalized spacial score (nSPS) is 12.8. The molecule has 59 heavy (non-hydrogen) atoms. The van der Waals surface area contributed by atoms with Crippen molar-refractivity contribution >= 4 is 88.5 Å². The quantitative estimate of drug-likeness (QED) is 0.165. The van der Waals surface area contributed by atoms with Gasteiger partial charge in [-0.25, -0.2) is 0 Å². The fourth-order valence-corrected chi connectivity index (χ4v) is 10.7. The minimum absolute atomic E-state index is 0.0288. The predicted octanol–water partition coefficient (Wildman–Crippen LogP) is 11.6. The van der Waals surface area contributed by atoms with Crippen molar-refractivity contribution in [3.8, 4) is 39.7 Å². The Balaban J connectivity index is 1.12. The van der Waals surface area contributed by atoms with E-state index in [1.165, 1.54) is 93.1 Å². The number of rotatable bonds is 3. The summed E-state index contributed by atoms with van der Waals surface area (Å²) in [7, 11) is 0. The van der Waals surface area contributed by atoms with E-state index in [1.54, 1.807) is 0 Å². The molecular weight excluding hydrogens is 717 g/mol. The molecule has 3 aromatic heterocycles. The second kappa shape index (κ2) is 11.4. The average Bonchev–Trinajstić information content (AvgIpc) is 3.94. The number of fused-ring (bicyclic) bond motifs is 13. The highest BCUT2D eigenvalue weighted by Gasteiger charge is 2.41. The molecule has 0 fully saturated rings. The van der Waals surface area contributed by atoms with Gasteiger partial charge >= 0.3 is 0 Å². The summed E-state index contributed by atoms with van der Waals surface area (Å²) in [5.74, 6) is 1.82. The third-order valence-electron chi connectivity index (χ3n) is 13.1. The van der Waals surface area contributed by atoms with Gasteiger partial charge in [-0.05, 0) is 100 Å². The van der Waals surface area contributed by atoms with E-state index in [-0.39, 0.29) is 6.71 Å². The fraction of sp³-hybridized carbons (Fsp3) is 0. The van der Waals surface area contributed by atoms with Gasteiger partial charge in [0, 0.05) is 54.9 Å². The Morgan fingerprint density at radius 3 is 1.58 bits per heavy atom. The highest BCUT2D eigenvalue weighted by Crippen LogP contribution is 2.42. The molecule has 0 aliphatic carbocycles. The number of aromatic nitrogens is 3. The first-order chi connectivity index (χ1) is 29.3. The van der Waals surface area contributed by atoms with E-state index in [0.717, 1.165) is 28.4 Å². The van der Waals surface area contributed by atoms with Crippen molar-refractivity contribution in [3.05, 3.63) is 194 Å². The molecule has 0 amide bonds. The molecule has 0 saturated carbocycles. The molecule has 272 valence electrons. The van der Waals surface area contributed by atoms with Gasteiger partial charge in [0.05, 0.1) is 27.6 Å². The number of nitrogens with zero attached hydrogens (tertiary/aromatic N) is 3. The molecule has 2 aliphatic rings. The largest absolute Gasteiger partial charge is 0.458 e. The van der Waals surface area contributed by atoms with Gasteiger partial charge < -0.3 is 18.4 Å². The molecule has 0 bridgehead atoms. The minimum Gasteiger partial charge on any atom is -0.458 e. The molecule has 14 rings (SSSR count). The van der Waals surface area contributed by atoms with Gasteiger partial charge in [-0.2, -0.15) is 0 Å². The fourth-order valence-electron chi connectivity index (χ4n) is 10.7. The number of benzene rings is 9. The first-order valence-electron chi connectivity index (χ1n) is 20.4. The van der Waals surface area contributed by atoms with E-state index in [2.05, 4.69) is 208 Å². The van der Waals surface area contributed by atoms with Gasteiger partial charge in [0.25, 0.3) is 6.71 Å². The molecule has 2 aliphatic heterocycles. The predicted molar refractivity (Wildman–Crippen MR) is 246 cm³/mol. The molecule has 0 spiro atoms. The maximum Gasteiger partial charge on any atom is 0.256 e. The lowest BCUT2D eigenvalue weighted by Gasteiger charge is -2.33. The van der Waals surface area contributed by atoms with Crippen molar-refractivity contribution in [2.75, 3.05) is 0 Å². The Labute approximate surface area is 339 Å². The second-order valence-electron chi connectivity index (χ2n) is 16.1. The number of para-hydroxylation sites is 4. The molecular formula is C54H32BN3O. The lowest BCUT2D eigenvalue weighted by Crippen LogP contribution is -2.58. The van der Waals surface area contributed by atoms with E-state index in [1.807, 2.05) is 0 Å². The van der Waals surface area contributed by atoms with E-state index in [9.17, 15) is 0 Å². The van der Waals surface area contributed by atoms with Crippen LogP contribution in [0.25, 0.3) is 93.6 Å². The third kappa shape index (κ3) is 4.13. The molecule has 5 heterocycles. The van der Waals surface area contributed by atoms with Crippen LogP contribution in [0.4, 0.5) is 0 Å². The molecule has 9 aromatic carbocycles. The van der Waals surface area contributed by atoms with Crippen molar-refractivity contribution < 1.29 is 4.74 Å². The Morgan fingerprint density at radius 2 is 0.915 bits per heavy atom. The van der Waals surface area contributed by atoms with E-state index in [0.29, 0.717) is 0 Å². The van der Waals surface area contributed by atoms with Gasteiger partial charge in [-0.1, -0.05) is 121 Å². The molecule has 0 N–H and O–H groups in total. The Hall–Kier alpha value is -7.76. The van der Waals surface area contributed by atoms with Crippen LogP contribution < -0.4 is 21.1 Å². The SMILES string of the molecule is c1ccc(-c2ccc3c(c2)Oc2cccc4c2B3c2cc(-n3c5ccccc5c5ccccc53)cc3c5cc(-n6c7ccccc7c7ccccc76)ccc5n-4c23)cc1. The van der Waals surface area contributed by atoms with Crippen LogP contribution in [0.3, 0.4) is 0 Å². The monoisotopic (exact) mass is 749 g/mol. The highest BCUT2D eigenvalue weighted by atomic mass is 16.5. The van der Waals surface area contributed by atoms with Gasteiger partial charge in [-0.3, -0.25) is 0 Å². The van der Waals surface area contributed by atoms with Crippen molar-refractivity contribution in [2.24, 2.45) is 0 Å². The lowest BCUT2D eigenvalue weighted by molar-refractivity contribution is 0.487. The topological polar surface area (TPSA) is 24.0 Å². The molecule has 5 heteroatoms. The number of hydrogen-bond donors (Lipinski definition) is 0. The summed E-state index contributed by atoms with van der Waals surface area (Å²) in [5.41, 5.74) is 16.7. The van der Waals surface area contributed by atoms with Crippen LogP contribution >= 0.6 is 0 Å². The van der Waals surface area contributed by atoms with E-state index < -0.39 is 0 Å². The summed E-state index contributed by atoms with van der Waals surface area (Å²) in [4.78, 5) is 0.